The third kappa shape index (κ3) is 2.92. The molecular weight excluding hydrogens is 186 g/mol. The lowest BCUT2D eigenvalue weighted by atomic mass is 10.2. The molecule has 1 aromatic carbocycles. The second kappa shape index (κ2) is 4.67. The predicted octanol–water partition coefficient (Wildman–Crippen LogP) is 2.52. The summed E-state index contributed by atoms with van der Waals surface area (Å²) >= 11 is 5.80. The van der Waals surface area contributed by atoms with Crippen LogP contribution in [0.2, 0.25) is 5.02 Å². The first kappa shape index (κ1) is 9.81. The van der Waals surface area contributed by atoms with Crippen LogP contribution in [0.5, 0.6) is 0 Å². The average molecular weight is 196 g/mol. The highest BCUT2D eigenvalue weighted by Gasteiger charge is 1.94. The molecule has 0 aromatic heterocycles. The van der Waals surface area contributed by atoms with Crippen LogP contribution < -0.4 is 5.73 Å². The highest BCUT2D eigenvalue weighted by atomic mass is 35.5. The van der Waals surface area contributed by atoms with E-state index in [9.17, 15) is 4.79 Å². The zero-order valence-corrected chi connectivity index (χ0v) is 7.79. The molecule has 0 fully saturated rings. The topological polar surface area (TPSA) is 43.1 Å². The molecule has 0 saturated heterocycles. The smallest absolute Gasteiger partial charge is 0.123 e. The number of hydrogen-bond donors (Lipinski definition) is 1. The molecule has 2 N–H and O–H groups in total. The molecule has 3 heteroatoms. The van der Waals surface area contributed by atoms with Crippen molar-refractivity contribution in [1.29, 1.82) is 0 Å². The fraction of sp³-hybridized carbons (Fsp3) is 0.100. The van der Waals surface area contributed by atoms with E-state index in [1.807, 2.05) is 12.1 Å². The van der Waals surface area contributed by atoms with Crippen molar-refractivity contribution in [2.45, 2.75) is 6.42 Å². The summed E-state index contributed by atoms with van der Waals surface area (Å²) in [7, 11) is 0. The lowest BCUT2D eigenvalue weighted by Crippen LogP contribution is -1.85. The molecule has 0 spiro atoms. The molecule has 0 aliphatic heterocycles. The minimum Gasteiger partial charge on any atom is -0.398 e. The second-order valence-electron chi connectivity index (χ2n) is 2.59. The Morgan fingerprint density at radius 2 is 2.23 bits per heavy atom. The van der Waals surface area contributed by atoms with Crippen molar-refractivity contribution in [3.8, 4) is 0 Å². The fourth-order valence-corrected chi connectivity index (χ4v) is 1.10. The van der Waals surface area contributed by atoms with Crippen molar-refractivity contribution in [3.63, 3.8) is 0 Å². The molecule has 0 bridgehead atoms. The van der Waals surface area contributed by atoms with E-state index in [4.69, 9.17) is 17.3 Å². The lowest BCUT2D eigenvalue weighted by Gasteiger charge is -1.98. The maximum absolute atomic E-state index is 10.0. The minimum absolute atomic E-state index is 0.419. The van der Waals surface area contributed by atoms with E-state index in [1.165, 1.54) is 0 Å². The summed E-state index contributed by atoms with van der Waals surface area (Å²) in [4.78, 5) is 10.0. The van der Waals surface area contributed by atoms with Crippen molar-refractivity contribution >= 4 is 29.7 Å². The summed E-state index contributed by atoms with van der Waals surface area (Å²) in [5.74, 6) is 0. The van der Waals surface area contributed by atoms with Gasteiger partial charge in [0.2, 0.25) is 0 Å². The molecule has 0 unspecified atom stereocenters. The van der Waals surface area contributed by atoms with Crippen LogP contribution in [0.3, 0.4) is 0 Å². The first-order valence-corrected chi connectivity index (χ1v) is 4.27. The Labute approximate surface area is 82.0 Å². The van der Waals surface area contributed by atoms with E-state index in [2.05, 4.69) is 0 Å². The molecule has 1 rings (SSSR count). The summed E-state index contributed by atoms with van der Waals surface area (Å²) in [6.07, 6.45) is 4.87. The number of nitrogens with two attached hydrogens (primary N) is 1. The molecule has 0 amide bonds. The van der Waals surface area contributed by atoms with Crippen LogP contribution in [0.15, 0.2) is 24.3 Å². The Kier molecular flexibility index (Phi) is 3.53. The van der Waals surface area contributed by atoms with Gasteiger partial charge in [-0.1, -0.05) is 29.8 Å². The van der Waals surface area contributed by atoms with E-state index in [1.54, 1.807) is 18.2 Å². The molecule has 0 aliphatic carbocycles. The van der Waals surface area contributed by atoms with E-state index in [0.717, 1.165) is 11.8 Å². The van der Waals surface area contributed by atoms with Crippen LogP contribution >= 0.6 is 11.6 Å². The first-order chi connectivity index (χ1) is 6.24. The maximum atomic E-state index is 10.0. The normalized spacial score (nSPS) is 10.5. The zero-order chi connectivity index (χ0) is 9.68. The Morgan fingerprint density at radius 3 is 2.85 bits per heavy atom. The third-order valence-electron chi connectivity index (χ3n) is 1.57. The van der Waals surface area contributed by atoms with Crippen molar-refractivity contribution in [1.82, 2.24) is 0 Å². The molecule has 0 atom stereocenters. The van der Waals surface area contributed by atoms with Gasteiger partial charge in [0.25, 0.3) is 0 Å². The Morgan fingerprint density at radius 1 is 1.46 bits per heavy atom. The quantitative estimate of drug-likeness (QED) is 0.595. The van der Waals surface area contributed by atoms with Crippen LogP contribution in [-0.2, 0) is 4.79 Å². The number of allylic oxidation sites excluding steroid dienone is 1. The maximum Gasteiger partial charge on any atom is 0.123 e. The number of anilines is 1. The van der Waals surface area contributed by atoms with Crippen LogP contribution in [0, 0.1) is 0 Å². The van der Waals surface area contributed by atoms with Gasteiger partial charge in [-0.15, -0.1) is 0 Å². The molecule has 1 aromatic rings. The zero-order valence-electron chi connectivity index (χ0n) is 7.03. The number of aldehydes is 1. The van der Waals surface area contributed by atoms with Gasteiger partial charge in [0.1, 0.15) is 6.29 Å². The summed E-state index contributed by atoms with van der Waals surface area (Å²) in [5, 5.41) is 0.535. The summed E-state index contributed by atoms with van der Waals surface area (Å²) in [5.41, 5.74) is 7.04. The van der Waals surface area contributed by atoms with Crippen LogP contribution in [0.1, 0.15) is 12.0 Å². The largest absolute Gasteiger partial charge is 0.398 e. The van der Waals surface area contributed by atoms with E-state index in [-0.39, 0.29) is 0 Å². The Hall–Kier alpha value is -1.28. The number of carbonyl (C=O) groups excluding carboxylic acids is 1. The van der Waals surface area contributed by atoms with Gasteiger partial charge in [-0.25, -0.2) is 0 Å². The number of rotatable bonds is 3. The molecular formula is C10H10ClNO. The number of halogens is 1. The monoisotopic (exact) mass is 195 g/mol. The second-order valence-corrected chi connectivity index (χ2v) is 2.99. The van der Waals surface area contributed by atoms with Crippen LogP contribution in [-0.4, -0.2) is 6.29 Å². The standard InChI is InChI=1S/C10H10ClNO/c11-9-7-8(3-1-2-6-13)4-5-10(9)12/h1,3-7H,2,12H2. The molecule has 68 valence electrons. The fourth-order valence-electron chi connectivity index (χ4n) is 0.907. The average Bonchev–Trinajstić information content (AvgIpc) is 2.12. The van der Waals surface area contributed by atoms with Crippen LogP contribution in [0.25, 0.3) is 6.08 Å². The molecule has 0 saturated carbocycles. The van der Waals surface area contributed by atoms with Crippen LogP contribution in [0.4, 0.5) is 5.69 Å². The van der Waals surface area contributed by atoms with Crippen molar-refractivity contribution < 1.29 is 4.79 Å². The summed E-state index contributed by atoms with van der Waals surface area (Å²) in [6.45, 7) is 0. The van der Waals surface area contributed by atoms with Crippen molar-refractivity contribution in [2.75, 3.05) is 5.73 Å². The molecule has 0 heterocycles. The summed E-state index contributed by atoms with van der Waals surface area (Å²) in [6, 6.07) is 5.35. The van der Waals surface area contributed by atoms with E-state index >= 15 is 0 Å². The number of benzene rings is 1. The SMILES string of the molecule is Nc1ccc(C=CCC=O)cc1Cl. The molecule has 0 aliphatic rings. The van der Waals surface area contributed by atoms with Gasteiger partial charge in [0.05, 0.1) is 10.7 Å². The van der Waals surface area contributed by atoms with Gasteiger partial charge in [-0.05, 0) is 17.7 Å². The highest BCUT2D eigenvalue weighted by molar-refractivity contribution is 6.33. The number of carbonyl (C=O) groups is 1. The molecule has 13 heavy (non-hydrogen) atoms. The highest BCUT2D eigenvalue weighted by Crippen LogP contribution is 2.20. The van der Waals surface area contributed by atoms with E-state index in [0.29, 0.717) is 17.1 Å². The van der Waals surface area contributed by atoms with Gasteiger partial charge < -0.3 is 10.5 Å². The predicted molar refractivity (Wildman–Crippen MR) is 55.6 cm³/mol. The minimum atomic E-state index is 0.419. The van der Waals surface area contributed by atoms with Gasteiger partial charge in [-0.3, -0.25) is 0 Å². The molecule has 2 nitrogen and oxygen atoms in total. The summed E-state index contributed by atoms with van der Waals surface area (Å²) < 4.78 is 0. The van der Waals surface area contributed by atoms with Gasteiger partial charge in [0, 0.05) is 6.42 Å². The Balaban J connectivity index is 2.79. The van der Waals surface area contributed by atoms with Gasteiger partial charge in [0.15, 0.2) is 0 Å². The first-order valence-electron chi connectivity index (χ1n) is 3.89. The lowest BCUT2D eigenvalue weighted by molar-refractivity contribution is -0.107. The van der Waals surface area contributed by atoms with Gasteiger partial charge in [-0.2, -0.15) is 0 Å². The van der Waals surface area contributed by atoms with E-state index < -0.39 is 0 Å². The number of hydrogen-bond acceptors (Lipinski definition) is 2. The molecule has 0 radical (unpaired) electrons. The Bertz CT molecular complexity index is 334. The van der Waals surface area contributed by atoms with Gasteiger partial charge >= 0.3 is 0 Å². The van der Waals surface area contributed by atoms with Crippen molar-refractivity contribution in [2.24, 2.45) is 0 Å². The number of nitrogen functional groups attached to an aromatic ring is 1. The van der Waals surface area contributed by atoms with Crippen molar-refractivity contribution in [3.05, 3.63) is 34.9 Å². The third-order valence-corrected chi connectivity index (χ3v) is 1.89.